The Morgan fingerprint density at radius 3 is 2.68 bits per heavy atom. The number of nitrogens with one attached hydrogen (secondary N) is 1. The molecule has 0 radical (unpaired) electrons. The summed E-state index contributed by atoms with van der Waals surface area (Å²) in [5.41, 5.74) is 3.40. The number of hydrogen-bond donors (Lipinski definition) is 1. The van der Waals surface area contributed by atoms with Crippen molar-refractivity contribution >= 4 is 40.6 Å². The van der Waals surface area contributed by atoms with Gasteiger partial charge in [-0.3, -0.25) is 4.98 Å². The van der Waals surface area contributed by atoms with Gasteiger partial charge < -0.3 is 5.32 Å². The molecule has 152 valence electrons. The first-order valence-corrected chi connectivity index (χ1v) is 9.90. The Hall–Kier alpha value is -3.69. The van der Waals surface area contributed by atoms with E-state index in [1.54, 1.807) is 47.4 Å². The molecule has 0 aliphatic carbocycles. The number of fused-ring (bicyclic) bond motifs is 1. The van der Waals surface area contributed by atoms with Crippen molar-refractivity contribution in [2.45, 2.75) is 6.92 Å². The highest BCUT2D eigenvalue weighted by molar-refractivity contribution is 6.42. The van der Waals surface area contributed by atoms with E-state index >= 15 is 0 Å². The van der Waals surface area contributed by atoms with Gasteiger partial charge in [0.2, 0.25) is 5.95 Å². The first kappa shape index (κ1) is 19.3. The third-order valence-electron chi connectivity index (χ3n) is 4.48. The molecular formula is C20H13Cl2N9. The van der Waals surface area contributed by atoms with Gasteiger partial charge in [0.05, 0.1) is 21.4 Å². The SMILES string of the molecule is Cc1c(-c2ccnc(Nc3ccc(Cl)c(Cl)c3)n2)nnc2nc(-c3cccnc3)nn12. The smallest absolute Gasteiger partial charge is 0.272 e. The minimum atomic E-state index is 0.381. The number of aromatic nitrogens is 8. The molecule has 5 rings (SSSR count). The summed E-state index contributed by atoms with van der Waals surface area (Å²) in [5, 5.41) is 17.1. The second kappa shape index (κ2) is 7.86. The predicted molar refractivity (Wildman–Crippen MR) is 117 cm³/mol. The van der Waals surface area contributed by atoms with Crippen LogP contribution in [0.3, 0.4) is 0 Å². The zero-order valence-corrected chi connectivity index (χ0v) is 17.5. The summed E-state index contributed by atoms with van der Waals surface area (Å²) in [6, 6.07) is 10.7. The summed E-state index contributed by atoms with van der Waals surface area (Å²) >= 11 is 12.1. The Morgan fingerprint density at radius 1 is 0.968 bits per heavy atom. The maximum atomic E-state index is 6.08. The van der Waals surface area contributed by atoms with Gasteiger partial charge >= 0.3 is 0 Å². The van der Waals surface area contributed by atoms with Crippen LogP contribution in [0.4, 0.5) is 11.6 Å². The van der Waals surface area contributed by atoms with Gasteiger partial charge in [0.25, 0.3) is 5.78 Å². The van der Waals surface area contributed by atoms with Crippen LogP contribution in [0, 0.1) is 6.92 Å². The van der Waals surface area contributed by atoms with Crippen molar-refractivity contribution in [3.63, 3.8) is 0 Å². The highest BCUT2D eigenvalue weighted by Gasteiger charge is 2.15. The Balaban J connectivity index is 1.51. The van der Waals surface area contributed by atoms with Crippen molar-refractivity contribution in [1.29, 1.82) is 0 Å². The van der Waals surface area contributed by atoms with Crippen molar-refractivity contribution in [1.82, 2.24) is 39.7 Å². The lowest BCUT2D eigenvalue weighted by molar-refractivity contribution is 0.851. The predicted octanol–water partition coefficient (Wildman–Crippen LogP) is 4.40. The standard InChI is InChI=1S/C20H13Cl2N9/c1-11-17(28-29-20-27-18(30-31(11)20)12-3-2-7-23-10-12)16-6-8-24-19(26-16)25-13-4-5-14(21)15(22)9-13/h2-10H,1H3,(H,24,25,26). The Bertz CT molecular complexity index is 1400. The molecule has 0 bridgehead atoms. The number of pyridine rings is 1. The highest BCUT2D eigenvalue weighted by atomic mass is 35.5. The van der Waals surface area contributed by atoms with E-state index in [9.17, 15) is 0 Å². The third-order valence-corrected chi connectivity index (χ3v) is 5.22. The fraction of sp³-hybridized carbons (Fsp3) is 0.0500. The maximum Gasteiger partial charge on any atom is 0.272 e. The van der Waals surface area contributed by atoms with E-state index in [2.05, 4.69) is 40.5 Å². The third kappa shape index (κ3) is 3.76. The van der Waals surface area contributed by atoms with Crippen LogP contribution >= 0.6 is 23.2 Å². The minimum Gasteiger partial charge on any atom is -0.324 e. The molecule has 0 atom stereocenters. The lowest BCUT2D eigenvalue weighted by Crippen LogP contribution is -2.05. The molecule has 0 aliphatic rings. The number of hydrogen-bond acceptors (Lipinski definition) is 8. The summed E-state index contributed by atoms with van der Waals surface area (Å²) in [6.07, 6.45) is 5.03. The van der Waals surface area contributed by atoms with Crippen LogP contribution < -0.4 is 5.32 Å². The fourth-order valence-electron chi connectivity index (χ4n) is 2.97. The number of benzene rings is 1. The lowest BCUT2D eigenvalue weighted by Gasteiger charge is -2.08. The second-order valence-electron chi connectivity index (χ2n) is 6.54. The van der Waals surface area contributed by atoms with Crippen LogP contribution in [0.15, 0.2) is 55.0 Å². The van der Waals surface area contributed by atoms with Crippen LogP contribution in [-0.4, -0.2) is 39.7 Å². The maximum absolute atomic E-state index is 6.08. The molecule has 0 spiro atoms. The first-order chi connectivity index (χ1) is 15.1. The van der Waals surface area contributed by atoms with E-state index in [0.717, 1.165) is 11.3 Å². The Kier molecular flexibility index (Phi) is 4.89. The number of anilines is 2. The normalized spacial score (nSPS) is 11.1. The van der Waals surface area contributed by atoms with E-state index in [1.807, 2.05) is 19.1 Å². The van der Waals surface area contributed by atoms with Crippen LogP contribution in [0.1, 0.15) is 5.69 Å². The van der Waals surface area contributed by atoms with E-state index in [0.29, 0.717) is 44.7 Å². The Morgan fingerprint density at radius 2 is 1.87 bits per heavy atom. The second-order valence-corrected chi connectivity index (χ2v) is 7.36. The van der Waals surface area contributed by atoms with Gasteiger partial charge in [-0.15, -0.1) is 15.3 Å². The highest BCUT2D eigenvalue weighted by Crippen LogP contribution is 2.27. The fourth-order valence-corrected chi connectivity index (χ4v) is 3.27. The summed E-state index contributed by atoms with van der Waals surface area (Å²) in [4.78, 5) is 17.4. The van der Waals surface area contributed by atoms with Crippen molar-refractivity contribution in [3.8, 4) is 22.8 Å². The Labute approximate surface area is 186 Å². The monoisotopic (exact) mass is 449 g/mol. The number of nitrogens with zero attached hydrogens (tertiary/aromatic N) is 8. The largest absolute Gasteiger partial charge is 0.324 e. The molecule has 9 nitrogen and oxygen atoms in total. The lowest BCUT2D eigenvalue weighted by atomic mass is 10.2. The number of aryl methyl sites for hydroxylation is 1. The van der Waals surface area contributed by atoms with Gasteiger partial charge in [-0.25, -0.2) is 9.97 Å². The van der Waals surface area contributed by atoms with E-state index in [4.69, 9.17) is 23.2 Å². The van der Waals surface area contributed by atoms with Crippen LogP contribution in [0.25, 0.3) is 28.6 Å². The molecule has 0 unspecified atom stereocenters. The minimum absolute atomic E-state index is 0.381. The molecule has 1 aromatic carbocycles. The molecule has 0 saturated heterocycles. The van der Waals surface area contributed by atoms with Crippen molar-refractivity contribution < 1.29 is 0 Å². The van der Waals surface area contributed by atoms with E-state index in [1.165, 1.54) is 0 Å². The molecule has 31 heavy (non-hydrogen) atoms. The molecule has 5 aromatic rings. The molecule has 0 saturated carbocycles. The molecule has 11 heteroatoms. The van der Waals surface area contributed by atoms with Gasteiger partial charge in [-0.1, -0.05) is 23.2 Å². The van der Waals surface area contributed by atoms with Crippen molar-refractivity contribution in [2.24, 2.45) is 0 Å². The summed E-state index contributed by atoms with van der Waals surface area (Å²) in [6.45, 7) is 1.88. The van der Waals surface area contributed by atoms with Gasteiger partial charge in [0.1, 0.15) is 5.69 Å². The molecule has 0 amide bonds. The first-order valence-electron chi connectivity index (χ1n) is 9.14. The topological polar surface area (TPSA) is 107 Å². The molecule has 4 heterocycles. The van der Waals surface area contributed by atoms with Crippen LogP contribution in [-0.2, 0) is 0 Å². The summed E-state index contributed by atoms with van der Waals surface area (Å²) < 4.78 is 1.64. The van der Waals surface area contributed by atoms with Gasteiger partial charge in [-0.05, 0) is 43.3 Å². The molecule has 4 aromatic heterocycles. The molecule has 0 fully saturated rings. The molecule has 0 aliphatic heterocycles. The molecule has 1 N–H and O–H groups in total. The van der Waals surface area contributed by atoms with Crippen LogP contribution in [0.2, 0.25) is 10.0 Å². The summed E-state index contributed by atoms with van der Waals surface area (Å²) in [5.74, 6) is 1.29. The van der Waals surface area contributed by atoms with Gasteiger partial charge in [-0.2, -0.15) is 9.50 Å². The zero-order chi connectivity index (χ0) is 21.4. The van der Waals surface area contributed by atoms with Gasteiger partial charge in [0, 0.05) is 29.8 Å². The van der Waals surface area contributed by atoms with Crippen molar-refractivity contribution in [3.05, 3.63) is 70.7 Å². The number of rotatable bonds is 4. The average molecular weight is 450 g/mol. The zero-order valence-electron chi connectivity index (χ0n) is 16.0. The summed E-state index contributed by atoms with van der Waals surface area (Å²) in [7, 11) is 0. The van der Waals surface area contributed by atoms with E-state index in [-0.39, 0.29) is 0 Å². The van der Waals surface area contributed by atoms with Gasteiger partial charge in [0.15, 0.2) is 5.82 Å². The average Bonchev–Trinajstić information content (AvgIpc) is 3.23. The molecular weight excluding hydrogens is 437 g/mol. The quantitative estimate of drug-likeness (QED) is 0.430. The van der Waals surface area contributed by atoms with Crippen molar-refractivity contribution in [2.75, 3.05) is 5.32 Å². The number of halogens is 2. The van der Waals surface area contributed by atoms with E-state index < -0.39 is 0 Å². The van der Waals surface area contributed by atoms with Crippen LogP contribution in [0.5, 0.6) is 0 Å².